The number of pyridine rings is 1. The first-order valence-corrected chi connectivity index (χ1v) is 6.40. The Labute approximate surface area is 103 Å². The van der Waals surface area contributed by atoms with Gasteiger partial charge in [-0.3, -0.25) is 4.98 Å². The van der Waals surface area contributed by atoms with Crippen LogP contribution in [0.3, 0.4) is 0 Å². The highest BCUT2D eigenvalue weighted by Gasteiger charge is 2.17. The first kappa shape index (κ1) is 13.5. The summed E-state index contributed by atoms with van der Waals surface area (Å²) >= 11 is 6.18. The van der Waals surface area contributed by atoms with Crippen molar-refractivity contribution in [3.05, 3.63) is 29.0 Å². The molecule has 0 saturated carbocycles. The molecule has 1 aromatic heterocycles. The smallest absolute Gasteiger partial charge is 0.0759 e. The minimum absolute atomic E-state index is 0.272. The van der Waals surface area contributed by atoms with Crippen molar-refractivity contribution in [1.29, 1.82) is 0 Å². The lowest BCUT2D eigenvalue weighted by molar-refractivity contribution is 0.402. The third-order valence-electron chi connectivity index (χ3n) is 2.90. The molecule has 2 nitrogen and oxygen atoms in total. The lowest BCUT2D eigenvalue weighted by Crippen LogP contribution is -2.24. The van der Waals surface area contributed by atoms with Gasteiger partial charge in [0.2, 0.25) is 0 Å². The monoisotopic (exact) mass is 240 g/mol. The molecule has 0 radical (unpaired) electrons. The molecule has 0 spiro atoms. The maximum atomic E-state index is 6.18. The molecule has 1 heterocycles. The number of aromatic nitrogens is 1. The highest BCUT2D eigenvalue weighted by atomic mass is 35.5. The van der Waals surface area contributed by atoms with Crippen molar-refractivity contribution in [3.63, 3.8) is 0 Å². The van der Waals surface area contributed by atoms with Gasteiger partial charge < -0.3 is 5.32 Å². The fourth-order valence-corrected chi connectivity index (χ4v) is 2.01. The van der Waals surface area contributed by atoms with E-state index < -0.39 is 0 Å². The molecule has 0 aliphatic heterocycles. The van der Waals surface area contributed by atoms with Crippen molar-refractivity contribution in [2.45, 2.75) is 39.7 Å². The Morgan fingerprint density at radius 1 is 1.44 bits per heavy atom. The van der Waals surface area contributed by atoms with Crippen LogP contribution in [0.5, 0.6) is 0 Å². The standard InChI is InChI=1S/C13H21ClN2/c1-4-10(3)9-12(15-5-2)13-11(14)7-6-8-16-13/h6-8,10,12,15H,4-5,9H2,1-3H3. The Kier molecular flexibility index (Phi) is 5.78. The lowest BCUT2D eigenvalue weighted by Gasteiger charge is -2.21. The van der Waals surface area contributed by atoms with Gasteiger partial charge in [0.1, 0.15) is 0 Å². The SMILES string of the molecule is CCNC(CC(C)CC)c1ncccc1Cl. The van der Waals surface area contributed by atoms with Gasteiger partial charge in [-0.25, -0.2) is 0 Å². The first-order valence-electron chi connectivity index (χ1n) is 6.02. The maximum absolute atomic E-state index is 6.18. The van der Waals surface area contributed by atoms with E-state index in [9.17, 15) is 0 Å². The molecule has 0 aliphatic rings. The van der Waals surface area contributed by atoms with Crippen LogP contribution in [0.1, 0.15) is 45.3 Å². The zero-order valence-electron chi connectivity index (χ0n) is 10.3. The van der Waals surface area contributed by atoms with E-state index in [1.807, 2.05) is 18.3 Å². The molecule has 1 rings (SSSR count). The molecule has 0 fully saturated rings. The second-order valence-corrected chi connectivity index (χ2v) is 4.64. The van der Waals surface area contributed by atoms with Crippen LogP contribution >= 0.6 is 11.6 Å². The summed E-state index contributed by atoms with van der Waals surface area (Å²) in [6, 6.07) is 4.05. The van der Waals surface area contributed by atoms with E-state index in [0.29, 0.717) is 5.92 Å². The third-order valence-corrected chi connectivity index (χ3v) is 3.22. The molecule has 90 valence electrons. The molecule has 16 heavy (non-hydrogen) atoms. The van der Waals surface area contributed by atoms with Crippen LogP contribution < -0.4 is 5.32 Å². The van der Waals surface area contributed by atoms with Gasteiger partial charge in [-0.05, 0) is 31.0 Å². The van der Waals surface area contributed by atoms with E-state index in [0.717, 1.165) is 23.7 Å². The summed E-state index contributed by atoms with van der Waals surface area (Å²) in [6.45, 7) is 7.53. The molecule has 2 atom stereocenters. The average molecular weight is 241 g/mol. The van der Waals surface area contributed by atoms with Crippen LogP contribution in [0.15, 0.2) is 18.3 Å². The first-order chi connectivity index (χ1) is 7.69. The largest absolute Gasteiger partial charge is 0.309 e. The van der Waals surface area contributed by atoms with E-state index in [2.05, 4.69) is 31.1 Å². The quantitative estimate of drug-likeness (QED) is 0.818. The molecule has 0 bridgehead atoms. The van der Waals surface area contributed by atoms with Crippen molar-refractivity contribution < 1.29 is 0 Å². The van der Waals surface area contributed by atoms with Crippen LogP contribution in [0.2, 0.25) is 5.02 Å². The molecule has 1 N–H and O–H groups in total. The fourth-order valence-electron chi connectivity index (χ4n) is 1.76. The number of nitrogens with zero attached hydrogens (tertiary/aromatic N) is 1. The minimum Gasteiger partial charge on any atom is -0.309 e. The van der Waals surface area contributed by atoms with Crippen molar-refractivity contribution in [3.8, 4) is 0 Å². The molecule has 1 aromatic rings. The topological polar surface area (TPSA) is 24.9 Å². The number of nitrogens with one attached hydrogen (secondary N) is 1. The summed E-state index contributed by atoms with van der Waals surface area (Å²) in [5.74, 6) is 0.683. The molecule has 0 saturated heterocycles. The van der Waals surface area contributed by atoms with Crippen molar-refractivity contribution in [2.24, 2.45) is 5.92 Å². The van der Waals surface area contributed by atoms with Gasteiger partial charge in [0.05, 0.1) is 16.8 Å². The fraction of sp³-hybridized carbons (Fsp3) is 0.615. The molecule has 2 unspecified atom stereocenters. The van der Waals surface area contributed by atoms with Crippen LogP contribution in [-0.2, 0) is 0 Å². The number of hydrogen-bond acceptors (Lipinski definition) is 2. The van der Waals surface area contributed by atoms with Gasteiger partial charge in [0, 0.05) is 6.20 Å². The van der Waals surface area contributed by atoms with Crippen LogP contribution in [0, 0.1) is 5.92 Å². The van der Waals surface area contributed by atoms with Crippen molar-refractivity contribution >= 4 is 11.6 Å². The lowest BCUT2D eigenvalue weighted by atomic mass is 9.97. The molecule has 0 aliphatic carbocycles. The molecular weight excluding hydrogens is 220 g/mol. The highest BCUT2D eigenvalue weighted by Crippen LogP contribution is 2.26. The van der Waals surface area contributed by atoms with Crippen LogP contribution in [-0.4, -0.2) is 11.5 Å². The zero-order chi connectivity index (χ0) is 12.0. The van der Waals surface area contributed by atoms with Gasteiger partial charge in [0.15, 0.2) is 0 Å². The summed E-state index contributed by atoms with van der Waals surface area (Å²) < 4.78 is 0. The van der Waals surface area contributed by atoms with E-state index in [1.165, 1.54) is 6.42 Å². The number of halogens is 1. The van der Waals surface area contributed by atoms with Crippen molar-refractivity contribution in [1.82, 2.24) is 10.3 Å². The molecule has 3 heteroatoms. The van der Waals surface area contributed by atoms with E-state index in [-0.39, 0.29) is 6.04 Å². The summed E-state index contributed by atoms with van der Waals surface area (Å²) in [4.78, 5) is 4.39. The Morgan fingerprint density at radius 2 is 2.19 bits per heavy atom. The minimum atomic E-state index is 0.272. The second kappa shape index (κ2) is 6.87. The summed E-state index contributed by atoms with van der Waals surface area (Å²) in [6.07, 6.45) is 4.08. The number of hydrogen-bond donors (Lipinski definition) is 1. The zero-order valence-corrected chi connectivity index (χ0v) is 11.1. The Balaban J connectivity index is 2.80. The number of rotatable bonds is 6. The Morgan fingerprint density at radius 3 is 2.75 bits per heavy atom. The summed E-state index contributed by atoms with van der Waals surface area (Å²) in [7, 11) is 0. The van der Waals surface area contributed by atoms with Gasteiger partial charge in [-0.1, -0.05) is 38.8 Å². The maximum Gasteiger partial charge on any atom is 0.0759 e. The van der Waals surface area contributed by atoms with Crippen LogP contribution in [0.25, 0.3) is 0 Å². The predicted molar refractivity (Wildman–Crippen MR) is 69.7 cm³/mol. The second-order valence-electron chi connectivity index (χ2n) is 4.23. The third kappa shape index (κ3) is 3.76. The Bertz CT molecular complexity index is 315. The van der Waals surface area contributed by atoms with E-state index in [4.69, 9.17) is 11.6 Å². The van der Waals surface area contributed by atoms with Gasteiger partial charge in [-0.2, -0.15) is 0 Å². The van der Waals surface area contributed by atoms with E-state index in [1.54, 1.807) is 0 Å². The normalized spacial score (nSPS) is 14.8. The molecular formula is C13H21ClN2. The Hall–Kier alpha value is -0.600. The van der Waals surface area contributed by atoms with Gasteiger partial charge >= 0.3 is 0 Å². The van der Waals surface area contributed by atoms with Crippen LogP contribution in [0.4, 0.5) is 0 Å². The molecule has 0 aromatic carbocycles. The summed E-state index contributed by atoms with van der Waals surface area (Å²) in [5.41, 5.74) is 0.978. The van der Waals surface area contributed by atoms with E-state index >= 15 is 0 Å². The highest BCUT2D eigenvalue weighted by molar-refractivity contribution is 6.31. The van der Waals surface area contributed by atoms with Crippen molar-refractivity contribution in [2.75, 3.05) is 6.54 Å². The van der Waals surface area contributed by atoms with Gasteiger partial charge in [0.25, 0.3) is 0 Å². The predicted octanol–water partition coefficient (Wildman–Crippen LogP) is 3.82. The average Bonchev–Trinajstić information content (AvgIpc) is 2.29. The van der Waals surface area contributed by atoms with Gasteiger partial charge in [-0.15, -0.1) is 0 Å². The summed E-state index contributed by atoms with van der Waals surface area (Å²) in [5, 5.41) is 4.22. The molecule has 0 amide bonds.